The number of amides is 1. The molecule has 28 heavy (non-hydrogen) atoms. The van der Waals surface area contributed by atoms with Crippen molar-refractivity contribution in [1.82, 2.24) is 9.80 Å². The Kier molecular flexibility index (Phi) is 5.63. The summed E-state index contributed by atoms with van der Waals surface area (Å²) in [4.78, 5) is 29.7. The van der Waals surface area contributed by atoms with Crippen LogP contribution in [0.2, 0.25) is 5.02 Å². The molecule has 3 aliphatic rings. The number of carbonyl (C=O) groups excluding carboxylic acids is 2. The highest BCUT2D eigenvalue weighted by Crippen LogP contribution is 2.43. The molecular weight excluding hydrogens is 380 g/mol. The standard InChI is InChI=1S/C21H27ClN2O4/c1-15-2-3-16(22)12-18(15)19(25)24-6-4-21(5-7-24)13-17(28-20(21)26)14-23-8-10-27-11-9-23/h2-3,12,17H,4-11,13-14H2,1H3. The number of rotatable bonds is 3. The molecular formula is C21H27ClN2O4. The monoisotopic (exact) mass is 406 g/mol. The molecule has 0 aromatic heterocycles. The summed E-state index contributed by atoms with van der Waals surface area (Å²) in [5.74, 6) is -0.0946. The van der Waals surface area contributed by atoms with E-state index < -0.39 is 5.41 Å². The van der Waals surface area contributed by atoms with Gasteiger partial charge in [-0.25, -0.2) is 0 Å². The second kappa shape index (κ2) is 8.01. The molecule has 6 nitrogen and oxygen atoms in total. The number of nitrogens with zero attached hydrogens (tertiary/aromatic N) is 2. The minimum Gasteiger partial charge on any atom is -0.461 e. The van der Waals surface area contributed by atoms with Crippen LogP contribution in [0.1, 0.15) is 35.2 Å². The third kappa shape index (κ3) is 3.91. The van der Waals surface area contributed by atoms with E-state index in [1.807, 2.05) is 17.9 Å². The lowest BCUT2D eigenvalue weighted by molar-refractivity contribution is -0.151. The van der Waals surface area contributed by atoms with Crippen molar-refractivity contribution in [3.05, 3.63) is 34.3 Å². The lowest BCUT2D eigenvalue weighted by Crippen LogP contribution is -2.45. The maximum absolute atomic E-state index is 12.9. The number of halogens is 1. The van der Waals surface area contributed by atoms with Gasteiger partial charge in [0.25, 0.3) is 5.91 Å². The van der Waals surface area contributed by atoms with E-state index in [4.69, 9.17) is 21.1 Å². The minimum absolute atomic E-state index is 0.00826. The Hall–Kier alpha value is -1.63. The van der Waals surface area contributed by atoms with Crippen molar-refractivity contribution in [3.8, 4) is 0 Å². The molecule has 0 saturated carbocycles. The van der Waals surface area contributed by atoms with Gasteiger partial charge in [0.05, 0.1) is 18.6 Å². The van der Waals surface area contributed by atoms with E-state index in [1.165, 1.54) is 0 Å². The Morgan fingerprint density at radius 2 is 1.93 bits per heavy atom. The van der Waals surface area contributed by atoms with E-state index in [0.29, 0.717) is 36.5 Å². The number of esters is 1. The topological polar surface area (TPSA) is 59.1 Å². The molecule has 7 heteroatoms. The van der Waals surface area contributed by atoms with E-state index in [9.17, 15) is 9.59 Å². The van der Waals surface area contributed by atoms with Crippen LogP contribution in [0.15, 0.2) is 18.2 Å². The number of piperidine rings is 1. The summed E-state index contributed by atoms with van der Waals surface area (Å²) >= 11 is 6.07. The van der Waals surface area contributed by atoms with Crippen molar-refractivity contribution in [2.75, 3.05) is 45.9 Å². The third-order valence-electron chi connectivity index (χ3n) is 6.33. The zero-order valence-electron chi connectivity index (χ0n) is 16.3. The summed E-state index contributed by atoms with van der Waals surface area (Å²) in [6.07, 6.45) is 2.03. The Balaban J connectivity index is 1.37. The van der Waals surface area contributed by atoms with Crippen molar-refractivity contribution in [3.63, 3.8) is 0 Å². The number of carbonyl (C=O) groups is 2. The number of morpholine rings is 1. The molecule has 1 atom stereocenters. The smallest absolute Gasteiger partial charge is 0.312 e. The molecule has 1 aromatic carbocycles. The minimum atomic E-state index is -0.433. The fourth-order valence-electron chi connectivity index (χ4n) is 4.55. The molecule has 0 radical (unpaired) electrons. The zero-order chi connectivity index (χ0) is 19.7. The number of hydrogen-bond donors (Lipinski definition) is 0. The Morgan fingerprint density at radius 3 is 2.64 bits per heavy atom. The molecule has 0 aliphatic carbocycles. The summed E-state index contributed by atoms with van der Waals surface area (Å²) in [5.41, 5.74) is 1.13. The zero-order valence-corrected chi connectivity index (χ0v) is 17.0. The molecule has 0 bridgehead atoms. The SMILES string of the molecule is Cc1ccc(Cl)cc1C(=O)N1CCC2(CC1)CC(CN1CCOCC1)OC2=O. The van der Waals surface area contributed by atoms with E-state index in [-0.39, 0.29) is 18.0 Å². The lowest BCUT2D eigenvalue weighted by Gasteiger charge is -2.37. The van der Waals surface area contributed by atoms with E-state index in [2.05, 4.69) is 4.90 Å². The van der Waals surface area contributed by atoms with Gasteiger partial charge >= 0.3 is 5.97 Å². The van der Waals surface area contributed by atoms with Gasteiger partial charge in [0.2, 0.25) is 0 Å². The van der Waals surface area contributed by atoms with Crippen molar-refractivity contribution in [2.24, 2.45) is 5.41 Å². The van der Waals surface area contributed by atoms with Crippen LogP contribution in [0.4, 0.5) is 0 Å². The second-order valence-corrected chi connectivity index (χ2v) is 8.61. The fraction of sp³-hybridized carbons (Fsp3) is 0.619. The number of hydrogen-bond acceptors (Lipinski definition) is 5. The number of aryl methyl sites for hydroxylation is 1. The first-order valence-electron chi connectivity index (χ1n) is 10.0. The van der Waals surface area contributed by atoms with Crippen LogP contribution >= 0.6 is 11.6 Å². The van der Waals surface area contributed by atoms with Gasteiger partial charge in [0, 0.05) is 49.7 Å². The van der Waals surface area contributed by atoms with Gasteiger partial charge < -0.3 is 14.4 Å². The van der Waals surface area contributed by atoms with Crippen LogP contribution < -0.4 is 0 Å². The van der Waals surface area contributed by atoms with Gasteiger partial charge in [-0.1, -0.05) is 17.7 Å². The quantitative estimate of drug-likeness (QED) is 0.722. The summed E-state index contributed by atoms with van der Waals surface area (Å²) in [6.45, 7) is 7.11. The Labute approximate surface area is 170 Å². The van der Waals surface area contributed by atoms with E-state index >= 15 is 0 Å². The van der Waals surface area contributed by atoms with Gasteiger partial charge in [-0.05, 0) is 37.5 Å². The molecule has 4 rings (SSSR count). The highest BCUT2D eigenvalue weighted by molar-refractivity contribution is 6.31. The van der Waals surface area contributed by atoms with Gasteiger partial charge in [0.1, 0.15) is 6.10 Å². The molecule has 0 N–H and O–H groups in total. The third-order valence-corrected chi connectivity index (χ3v) is 6.56. The fourth-order valence-corrected chi connectivity index (χ4v) is 4.72. The van der Waals surface area contributed by atoms with Crippen LogP contribution in [-0.2, 0) is 14.3 Å². The first kappa shape index (κ1) is 19.7. The number of ether oxygens (including phenoxy) is 2. The molecule has 3 aliphatic heterocycles. The molecule has 1 spiro atoms. The Bertz CT molecular complexity index is 755. The average molecular weight is 407 g/mol. The van der Waals surface area contributed by atoms with Crippen molar-refractivity contribution >= 4 is 23.5 Å². The summed E-state index contributed by atoms with van der Waals surface area (Å²) in [6, 6.07) is 5.39. The normalized spacial score (nSPS) is 25.1. The number of benzene rings is 1. The molecule has 1 amide bonds. The molecule has 3 fully saturated rings. The summed E-state index contributed by atoms with van der Waals surface area (Å²) in [5, 5.41) is 0.563. The first-order chi connectivity index (χ1) is 13.5. The van der Waals surface area contributed by atoms with Crippen LogP contribution in [0.25, 0.3) is 0 Å². The predicted octanol–water partition coefficient (Wildman–Crippen LogP) is 2.52. The highest BCUT2D eigenvalue weighted by Gasteiger charge is 2.51. The maximum atomic E-state index is 12.9. The number of likely N-dealkylation sites (tertiary alicyclic amines) is 1. The van der Waals surface area contributed by atoms with E-state index in [0.717, 1.165) is 44.8 Å². The maximum Gasteiger partial charge on any atom is 0.312 e. The van der Waals surface area contributed by atoms with Gasteiger partial charge in [-0.15, -0.1) is 0 Å². The van der Waals surface area contributed by atoms with Crippen LogP contribution in [0.5, 0.6) is 0 Å². The first-order valence-corrected chi connectivity index (χ1v) is 10.4. The van der Waals surface area contributed by atoms with E-state index in [1.54, 1.807) is 12.1 Å². The van der Waals surface area contributed by atoms with Gasteiger partial charge in [-0.3, -0.25) is 14.5 Å². The van der Waals surface area contributed by atoms with Crippen molar-refractivity contribution in [1.29, 1.82) is 0 Å². The van der Waals surface area contributed by atoms with Gasteiger partial charge in [0.15, 0.2) is 0 Å². The summed E-state index contributed by atoms with van der Waals surface area (Å²) < 4.78 is 11.1. The molecule has 3 saturated heterocycles. The average Bonchev–Trinajstić information content (AvgIpc) is 2.99. The lowest BCUT2D eigenvalue weighted by atomic mass is 9.76. The predicted molar refractivity (Wildman–Crippen MR) is 106 cm³/mol. The molecule has 152 valence electrons. The Morgan fingerprint density at radius 1 is 1.21 bits per heavy atom. The largest absolute Gasteiger partial charge is 0.461 e. The molecule has 3 heterocycles. The van der Waals surface area contributed by atoms with Crippen LogP contribution in [0, 0.1) is 12.3 Å². The second-order valence-electron chi connectivity index (χ2n) is 8.18. The number of cyclic esters (lactones) is 1. The van der Waals surface area contributed by atoms with Crippen molar-refractivity contribution in [2.45, 2.75) is 32.3 Å². The highest BCUT2D eigenvalue weighted by atomic mass is 35.5. The molecule has 1 unspecified atom stereocenters. The van der Waals surface area contributed by atoms with Gasteiger partial charge in [-0.2, -0.15) is 0 Å². The summed E-state index contributed by atoms with van der Waals surface area (Å²) in [7, 11) is 0. The van der Waals surface area contributed by atoms with Crippen molar-refractivity contribution < 1.29 is 19.1 Å². The molecule has 1 aromatic rings. The van der Waals surface area contributed by atoms with Crippen LogP contribution in [0.3, 0.4) is 0 Å². The van der Waals surface area contributed by atoms with Crippen LogP contribution in [-0.4, -0.2) is 73.7 Å².